The first-order chi connectivity index (χ1) is 7.29. The van der Waals surface area contributed by atoms with Gasteiger partial charge in [-0.1, -0.05) is 6.92 Å². The van der Waals surface area contributed by atoms with Crippen LogP contribution in [0.4, 0.5) is 0 Å². The van der Waals surface area contributed by atoms with Gasteiger partial charge in [-0.15, -0.1) is 0 Å². The Morgan fingerprint density at radius 2 is 2.33 bits per heavy atom. The second-order valence-corrected chi connectivity index (χ2v) is 4.10. The third kappa shape index (κ3) is 2.48. The molecular formula is C12H18N2O. The predicted octanol–water partition coefficient (Wildman–Crippen LogP) is 2.42. The maximum absolute atomic E-state index is 5.88. The predicted molar refractivity (Wildman–Crippen MR) is 59.7 cm³/mol. The number of nitrogens with two attached hydrogens (primary N) is 1. The Morgan fingerprint density at radius 3 is 2.80 bits per heavy atom. The Morgan fingerprint density at radius 1 is 1.53 bits per heavy atom. The highest BCUT2D eigenvalue weighted by molar-refractivity contribution is 5.21. The molecule has 0 bridgehead atoms. The van der Waals surface area contributed by atoms with Gasteiger partial charge < -0.3 is 10.5 Å². The summed E-state index contributed by atoms with van der Waals surface area (Å²) in [5, 5.41) is 0. The van der Waals surface area contributed by atoms with Crippen molar-refractivity contribution in [2.75, 3.05) is 0 Å². The second kappa shape index (κ2) is 4.62. The molecule has 2 N–H and O–H groups in total. The van der Waals surface area contributed by atoms with Crippen molar-refractivity contribution < 1.29 is 4.74 Å². The Hall–Kier alpha value is -1.09. The first-order valence-electron chi connectivity index (χ1n) is 5.67. The maximum Gasteiger partial charge on any atom is 0.138 e. The van der Waals surface area contributed by atoms with E-state index in [1.807, 2.05) is 12.1 Å². The fourth-order valence-corrected chi connectivity index (χ4v) is 1.57. The Balaban J connectivity index is 1.96. The minimum absolute atomic E-state index is 0.0442. The van der Waals surface area contributed by atoms with E-state index >= 15 is 0 Å². The maximum atomic E-state index is 5.88. The molecule has 1 heterocycles. The van der Waals surface area contributed by atoms with E-state index in [-0.39, 0.29) is 6.04 Å². The standard InChI is InChI=1S/C12H18N2O/c1-2-11(13)12-7-6-10(8-14-12)15-9-4-3-5-9/h6-9,11H,2-5,13H2,1H3. The van der Waals surface area contributed by atoms with Crippen LogP contribution in [0.15, 0.2) is 18.3 Å². The number of nitrogens with zero attached hydrogens (tertiary/aromatic N) is 1. The SMILES string of the molecule is CCC(N)c1ccc(OC2CCC2)cn1. The van der Waals surface area contributed by atoms with Crippen LogP contribution < -0.4 is 10.5 Å². The fourth-order valence-electron chi connectivity index (χ4n) is 1.57. The summed E-state index contributed by atoms with van der Waals surface area (Å²) in [4.78, 5) is 4.31. The van der Waals surface area contributed by atoms with E-state index in [2.05, 4.69) is 11.9 Å². The van der Waals surface area contributed by atoms with Crippen LogP contribution in [0.1, 0.15) is 44.3 Å². The van der Waals surface area contributed by atoms with Crippen molar-refractivity contribution in [2.45, 2.75) is 44.8 Å². The van der Waals surface area contributed by atoms with Crippen molar-refractivity contribution in [1.29, 1.82) is 0 Å². The first kappa shape index (κ1) is 10.4. The third-order valence-corrected chi connectivity index (χ3v) is 2.93. The van der Waals surface area contributed by atoms with E-state index in [1.165, 1.54) is 19.3 Å². The molecule has 1 unspecified atom stereocenters. The molecule has 0 spiro atoms. The molecule has 1 aliphatic rings. The van der Waals surface area contributed by atoms with Crippen LogP contribution in [0.2, 0.25) is 0 Å². The molecule has 0 saturated heterocycles. The van der Waals surface area contributed by atoms with Gasteiger partial charge in [-0.25, -0.2) is 0 Å². The molecule has 3 nitrogen and oxygen atoms in total. The van der Waals surface area contributed by atoms with Crippen LogP contribution >= 0.6 is 0 Å². The molecule has 1 aromatic heterocycles. The Kier molecular flexibility index (Phi) is 3.21. The van der Waals surface area contributed by atoms with Gasteiger partial charge in [0.1, 0.15) is 5.75 Å². The second-order valence-electron chi connectivity index (χ2n) is 4.10. The van der Waals surface area contributed by atoms with Gasteiger partial charge in [0.05, 0.1) is 18.0 Å². The molecule has 0 amide bonds. The van der Waals surface area contributed by atoms with Gasteiger partial charge in [-0.3, -0.25) is 4.98 Å². The lowest BCUT2D eigenvalue weighted by molar-refractivity contribution is 0.120. The number of ether oxygens (including phenoxy) is 1. The third-order valence-electron chi connectivity index (χ3n) is 2.93. The number of pyridine rings is 1. The van der Waals surface area contributed by atoms with E-state index in [1.54, 1.807) is 6.20 Å². The summed E-state index contributed by atoms with van der Waals surface area (Å²) < 4.78 is 5.72. The fraction of sp³-hybridized carbons (Fsp3) is 0.583. The molecule has 3 heteroatoms. The first-order valence-corrected chi connectivity index (χ1v) is 5.67. The summed E-state index contributed by atoms with van der Waals surface area (Å²) in [6.07, 6.45) is 6.75. The van der Waals surface area contributed by atoms with Crippen LogP contribution in [-0.2, 0) is 0 Å². The molecule has 1 aliphatic carbocycles. The van der Waals surface area contributed by atoms with Gasteiger partial charge in [0.25, 0.3) is 0 Å². The Bertz CT molecular complexity index is 306. The summed E-state index contributed by atoms with van der Waals surface area (Å²) >= 11 is 0. The van der Waals surface area contributed by atoms with Gasteiger partial charge in [0, 0.05) is 6.04 Å². The molecule has 2 rings (SSSR count). The van der Waals surface area contributed by atoms with E-state index in [9.17, 15) is 0 Å². The molecular weight excluding hydrogens is 188 g/mol. The van der Waals surface area contributed by atoms with Crippen LogP contribution in [0.5, 0.6) is 5.75 Å². The summed E-state index contributed by atoms with van der Waals surface area (Å²) in [7, 11) is 0. The van der Waals surface area contributed by atoms with E-state index in [0.717, 1.165) is 17.9 Å². The van der Waals surface area contributed by atoms with E-state index in [0.29, 0.717) is 6.10 Å². The molecule has 0 radical (unpaired) electrons. The van der Waals surface area contributed by atoms with Gasteiger partial charge in [0.2, 0.25) is 0 Å². The molecule has 1 atom stereocenters. The highest BCUT2D eigenvalue weighted by Gasteiger charge is 2.19. The van der Waals surface area contributed by atoms with Crippen LogP contribution in [0.3, 0.4) is 0 Å². The van der Waals surface area contributed by atoms with Gasteiger partial charge >= 0.3 is 0 Å². The molecule has 0 aromatic carbocycles. The smallest absolute Gasteiger partial charge is 0.138 e. The topological polar surface area (TPSA) is 48.1 Å². The van der Waals surface area contributed by atoms with Gasteiger partial charge in [0.15, 0.2) is 0 Å². The number of hydrogen-bond donors (Lipinski definition) is 1. The van der Waals surface area contributed by atoms with Crippen molar-refractivity contribution in [3.8, 4) is 5.75 Å². The normalized spacial score (nSPS) is 18.3. The molecule has 0 aliphatic heterocycles. The zero-order valence-electron chi connectivity index (χ0n) is 9.15. The van der Waals surface area contributed by atoms with E-state index < -0.39 is 0 Å². The van der Waals surface area contributed by atoms with Crippen molar-refractivity contribution >= 4 is 0 Å². The number of aromatic nitrogens is 1. The van der Waals surface area contributed by atoms with Crippen molar-refractivity contribution in [3.05, 3.63) is 24.0 Å². The zero-order valence-corrected chi connectivity index (χ0v) is 9.15. The summed E-state index contributed by atoms with van der Waals surface area (Å²) in [5.74, 6) is 0.867. The lowest BCUT2D eigenvalue weighted by Gasteiger charge is -2.26. The van der Waals surface area contributed by atoms with Crippen LogP contribution in [-0.4, -0.2) is 11.1 Å². The van der Waals surface area contributed by atoms with E-state index in [4.69, 9.17) is 10.5 Å². The van der Waals surface area contributed by atoms with Crippen molar-refractivity contribution in [3.63, 3.8) is 0 Å². The van der Waals surface area contributed by atoms with Gasteiger partial charge in [-0.2, -0.15) is 0 Å². The highest BCUT2D eigenvalue weighted by atomic mass is 16.5. The summed E-state index contributed by atoms with van der Waals surface area (Å²) in [6.45, 7) is 2.06. The largest absolute Gasteiger partial charge is 0.489 e. The minimum Gasteiger partial charge on any atom is -0.489 e. The monoisotopic (exact) mass is 206 g/mol. The molecule has 15 heavy (non-hydrogen) atoms. The van der Waals surface area contributed by atoms with Crippen LogP contribution in [0, 0.1) is 0 Å². The minimum atomic E-state index is 0.0442. The molecule has 1 aromatic rings. The Labute approximate surface area is 90.7 Å². The summed E-state index contributed by atoms with van der Waals surface area (Å²) in [6, 6.07) is 3.97. The number of rotatable bonds is 4. The van der Waals surface area contributed by atoms with Crippen LogP contribution in [0.25, 0.3) is 0 Å². The average molecular weight is 206 g/mol. The lowest BCUT2D eigenvalue weighted by Crippen LogP contribution is -2.24. The quantitative estimate of drug-likeness (QED) is 0.823. The van der Waals surface area contributed by atoms with Crippen molar-refractivity contribution in [1.82, 2.24) is 4.98 Å². The molecule has 1 fully saturated rings. The lowest BCUT2D eigenvalue weighted by atomic mass is 9.96. The highest BCUT2D eigenvalue weighted by Crippen LogP contribution is 2.25. The average Bonchev–Trinajstić information content (AvgIpc) is 2.23. The molecule has 82 valence electrons. The summed E-state index contributed by atoms with van der Waals surface area (Å²) in [5.41, 5.74) is 6.82. The molecule has 1 saturated carbocycles. The van der Waals surface area contributed by atoms with Crippen molar-refractivity contribution in [2.24, 2.45) is 5.73 Å². The van der Waals surface area contributed by atoms with Gasteiger partial charge in [-0.05, 0) is 37.8 Å². The zero-order chi connectivity index (χ0) is 10.7. The number of hydrogen-bond acceptors (Lipinski definition) is 3.